The average Bonchev–Trinajstić information content (AvgIpc) is 2.27. The number of nitrogens with two attached hydrogens (primary N) is 1. The van der Waals surface area contributed by atoms with E-state index in [0.29, 0.717) is 10.7 Å². The molecule has 2 nitrogen and oxygen atoms in total. The first-order valence-electron chi connectivity index (χ1n) is 4.83. The summed E-state index contributed by atoms with van der Waals surface area (Å²) in [5.41, 5.74) is 8.33. The Bertz CT molecular complexity index is 558. The van der Waals surface area contributed by atoms with Crippen molar-refractivity contribution >= 4 is 60.5 Å². The van der Waals surface area contributed by atoms with Crippen LogP contribution in [0.25, 0.3) is 0 Å². The quantitative estimate of drug-likeness (QED) is 0.708. The van der Waals surface area contributed by atoms with Crippen LogP contribution in [-0.4, -0.2) is 0 Å². The van der Waals surface area contributed by atoms with Gasteiger partial charge in [0.25, 0.3) is 0 Å². The predicted molar refractivity (Wildman–Crippen MR) is 81.0 cm³/mol. The Morgan fingerprint density at radius 1 is 1.06 bits per heavy atom. The van der Waals surface area contributed by atoms with Crippen molar-refractivity contribution in [2.75, 3.05) is 11.1 Å². The highest BCUT2D eigenvalue weighted by molar-refractivity contribution is 9.10. The number of hydrogen-bond acceptors (Lipinski definition) is 2. The van der Waals surface area contributed by atoms with E-state index in [4.69, 9.17) is 17.3 Å². The number of halogens is 3. The van der Waals surface area contributed by atoms with Crippen molar-refractivity contribution in [3.63, 3.8) is 0 Å². The third-order valence-corrected chi connectivity index (χ3v) is 3.94. The zero-order valence-corrected chi connectivity index (χ0v) is 12.6. The van der Waals surface area contributed by atoms with Crippen LogP contribution in [0, 0.1) is 0 Å². The molecular formula is C12H9Br2ClN2. The molecule has 0 aromatic heterocycles. The van der Waals surface area contributed by atoms with Crippen molar-refractivity contribution in [2.24, 2.45) is 0 Å². The van der Waals surface area contributed by atoms with Gasteiger partial charge in [-0.05, 0) is 52.3 Å². The van der Waals surface area contributed by atoms with Gasteiger partial charge in [0, 0.05) is 14.6 Å². The molecule has 0 spiro atoms. The largest absolute Gasteiger partial charge is 0.397 e. The third kappa shape index (κ3) is 3.15. The summed E-state index contributed by atoms with van der Waals surface area (Å²) >= 11 is 12.7. The number of rotatable bonds is 2. The van der Waals surface area contributed by atoms with Crippen LogP contribution < -0.4 is 11.1 Å². The molecule has 2 aromatic rings. The van der Waals surface area contributed by atoms with Crippen LogP contribution in [0.4, 0.5) is 17.1 Å². The molecule has 2 aromatic carbocycles. The molecule has 0 aliphatic rings. The Hall–Kier alpha value is -0.710. The molecule has 0 amide bonds. The second kappa shape index (κ2) is 5.29. The fourth-order valence-electron chi connectivity index (χ4n) is 1.38. The molecule has 0 bridgehead atoms. The van der Waals surface area contributed by atoms with Crippen molar-refractivity contribution in [3.8, 4) is 0 Å². The first kappa shape index (κ1) is 12.7. The van der Waals surface area contributed by atoms with E-state index in [9.17, 15) is 0 Å². The van der Waals surface area contributed by atoms with Gasteiger partial charge in [-0.3, -0.25) is 0 Å². The minimum Gasteiger partial charge on any atom is -0.397 e. The smallest absolute Gasteiger partial charge is 0.0618 e. The van der Waals surface area contributed by atoms with Crippen LogP contribution >= 0.6 is 43.5 Å². The van der Waals surface area contributed by atoms with Gasteiger partial charge in [0.2, 0.25) is 0 Å². The maximum absolute atomic E-state index is 6.02. The van der Waals surface area contributed by atoms with Crippen molar-refractivity contribution in [2.45, 2.75) is 0 Å². The van der Waals surface area contributed by atoms with Gasteiger partial charge in [-0.15, -0.1) is 0 Å². The summed E-state index contributed by atoms with van der Waals surface area (Å²) in [7, 11) is 0. The standard InChI is InChI=1S/C12H9Br2ClN2/c13-7-1-4-12(11(16)5-7)17-8-2-3-9(14)10(15)6-8/h1-6,17H,16H2. The van der Waals surface area contributed by atoms with Crippen LogP contribution in [0.3, 0.4) is 0 Å². The van der Waals surface area contributed by atoms with Gasteiger partial charge < -0.3 is 11.1 Å². The summed E-state index contributed by atoms with van der Waals surface area (Å²) in [5.74, 6) is 0. The SMILES string of the molecule is Nc1cc(Br)ccc1Nc1ccc(Br)c(Cl)c1. The second-order valence-corrected chi connectivity index (χ2v) is 5.66. The molecule has 0 unspecified atom stereocenters. The Morgan fingerprint density at radius 3 is 2.47 bits per heavy atom. The molecule has 88 valence electrons. The van der Waals surface area contributed by atoms with Gasteiger partial charge >= 0.3 is 0 Å². The number of anilines is 3. The Morgan fingerprint density at radius 2 is 1.82 bits per heavy atom. The van der Waals surface area contributed by atoms with E-state index in [-0.39, 0.29) is 0 Å². The number of nitrogens with one attached hydrogen (secondary N) is 1. The maximum atomic E-state index is 6.02. The summed E-state index contributed by atoms with van der Waals surface area (Å²) in [6.07, 6.45) is 0. The number of benzene rings is 2. The second-order valence-electron chi connectivity index (χ2n) is 3.49. The molecule has 17 heavy (non-hydrogen) atoms. The van der Waals surface area contributed by atoms with Gasteiger partial charge in [-0.1, -0.05) is 27.5 Å². The normalized spacial score (nSPS) is 10.3. The van der Waals surface area contributed by atoms with Crippen LogP contribution in [0.5, 0.6) is 0 Å². The zero-order chi connectivity index (χ0) is 12.4. The third-order valence-electron chi connectivity index (χ3n) is 2.21. The van der Waals surface area contributed by atoms with Crippen molar-refractivity contribution < 1.29 is 0 Å². The minimum absolute atomic E-state index is 0.658. The van der Waals surface area contributed by atoms with E-state index in [2.05, 4.69) is 37.2 Å². The molecule has 0 saturated carbocycles. The maximum Gasteiger partial charge on any atom is 0.0618 e. The lowest BCUT2D eigenvalue weighted by Crippen LogP contribution is -1.96. The summed E-state index contributed by atoms with van der Waals surface area (Å²) in [4.78, 5) is 0. The van der Waals surface area contributed by atoms with E-state index in [1.807, 2.05) is 36.4 Å². The van der Waals surface area contributed by atoms with E-state index in [0.717, 1.165) is 20.3 Å². The van der Waals surface area contributed by atoms with E-state index in [1.165, 1.54) is 0 Å². The number of nitrogen functional groups attached to an aromatic ring is 1. The highest BCUT2D eigenvalue weighted by Crippen LogP contribution is 2.30. The molecule has 2 rings (SSSR count). The fourth-order valence-corrected chi connectivity index (χ4v) is 2.18. The van der Waals surface area contributed by atoms with Crippen molar-refractivity contribution in [1.82, 2.24) is 0 Å². The van der Waals surface area contributed by atoms with Gasteiger partial charge in [-0.2, -0.15) is 0 Å². The lowest BCUT2D eigenvalue weighted by atomic mass is 10.2. The Balaban J connectivity index is 2.28. The summed E-state index contributed by atoms with van der Waals surface area (Å²) in [6, 6.07) is 11.3. The molecule has 0 atom stereocenters. The van der Waals surface area contributed by atoms with Gasteiger partial charge in [-0.25, -0.2) is 0 Å². The highest BCUT2D eigenvalue weighted by atomic mass is 79.9. The first-order chi connectivity index (χ1) is 8.06. The fraction of sp³-hybridized carbons (Fsp3) is 0. The molecule has 0 saturated heterocycles. The van der Waals surface area contributed by atoms with Crippen LogP contribution in [0.2, 0.25) is 5.02 Å². The molecule has 0 radical (unpaired) electrons. The number of hydrogen-bond donors (Lipinski definition) is 2. The molecule has 0 heterocycles. The Kier molecular flexibility index (Phi) is 3.97. The lowest BCUT2D eigenvalue weighted by Gasteiger charge is -2.10. The summed E-state index contributed by atoms with van der Waals surface area (Å²) < 4.78 is 1.82. The van der Waals surface area contributed by atoms with E-state index >= 15 is 0 Å². The Labute approximate surface area is 121 Å². The van der Waals surface area contributed by atoms with Gasteiger partial charge in [0.05, 0.1) is 16.4 Å². The van der Waals surface area contributed by atoms with Crippen LogP contribution in [-0.2, 0) is 0 Å². The molecule has 5 heteroatoms. The average molecular weight is 376 g/mol. The molecule has 0 fully saturated rings. The van der Waals surface area contributed by atoms with Crippen LogP contribution in [0.15, 0.2) is 45.3 Å². The van der Waals surface area contributed by atoms with Crippen molar-refractivity contribution in [3.05, 3.63) is 50.4 Å². The van der Waals surface area contributed by atoms with E-state index in [1.54, 1.807) is 0 Å². The van der Waals surface area contributed by atoms with Gasteiger partial charge in [0.1, 0.15) is 0 Å². The predicted octanol–water partition coefficient (Wildman–Crippen LogP) is 5.19. The minimum atomic E-state index is 0.658. The molecule has 0 aliphatic carbocycles. The zero-order valence-electron chi connectivity index (χ0n) is 8.68. The topological polar surface area (TPSA) is 38.0 Å². The molecule has 0 aliphatic heterocycles. The summed E-state index contributed by atoms with van der Waals surface area (Å²) in [5, 5.41) is 3.87. The van der Waals surface area contributed by atoms with Gasteiger partial charge in [0.15, 0.2) is 0 Å². The highest BCUT2D eigenvalue weighted by Gasteiger charge is 2.02. The van der Waals surface area contributed by atoms with E-state index < -0.39 is 0 Å². The monoisotopic (exact) mass is 374 g/mol. The lowest BCUT2D eigenvalue weighted by molar-refractivity contribution is 1.52. The van der Waals surface area contributed by atoms with Crippen LogP contribution in [0.1, 0.15) is 0 Å². The summed E-state index contributed by atoms with van der Waals surface area (Å²) in [6.45, 7) is 0. The molecule has 3 N–H and O–H groups in total. The molecular weight excluding hydrogens is 367 g/mol. The van der Waals surface area contributed by atoms with Crippen molar-refractivity contribution in [1.29, 1.82) is 0 Å². The first-order valence-corrected chi connectivity index (χ1v) is 6.80.